The Morgan fingerprint density at radius 1 is 1.44 bits per heavy atom. The van der Waals surface area contributed by atoms with Gasteiger partial charge in [-0.25, -0.2) is 0 Å². The molecule has 0 saturated carbocycles. The lowest BCUT2D eigenvalue weighted by Crippen LogP contribution is -2.22. The summed E-state index contributed by atoms with van der Waals surface area (Å²) >= 11 is 1.93. The fourth-order valence-electron chi connectivity index (χ4n) is 1.77. The Morgan fingerprint density at radius 3 is 2.69 bits per heavy atom. The summed E-state index contributed by atoms with van der Waals surface area (Å²) in [4.78, 5) is 4.57. The Hall–Kier alpha value is -0.180. The summed E-state index contributed by atoms with van der Waals surface area (Å²) in [5.74, 6) is 0.768. The van der Waals surface area contributed by atoms with E-state index in [0.717, 1.165) is 24.2 Å². The summed E-state index contributed by atoms with van der Waals surface area (Å²) in [5, 5.41) is 5.29. The molecule has 1 aliphatic heterocycles. The minimum absolute atomic E-state index is 0.417. The van der Waals surface area contributed by atoms with Crippen molar-refractivity contribution >= 4 is 16.9 Å². The fraction of sp³-hybridized carbons (Fsp3) is 0.923. The number of amidine groups is 1. The van der Waals surface area contributed by atoms with Crippen LogP contribution in [0.1, 0.15) is 47.5 Å². The van der Waals surface area contributed by atoms with Crippen molar-refractivity contribution in [1.82, 2.24) is 5.32 Å². The van der Waals surface area contributed by atoms with E-state index in [-0.39, 0.29) is 0 Å². The Labute approximate surface area is 105 Å². The van der Waals surface area contributed by atoms with Crippen molar-refractivity contribution in [3.63, 3.8) is 0 Å². The second-order valence-electron chi connectivity index (χ2n) is 6.26. The summed E-state index contributed by atoms with van der Waals surface area (Å²) in [6.07, 6.45) is 2.47. The maximum Gasteiger partial charge on any atom is 0.156 e. The molecule has 0 aromatic heterocycles. The first-order chi connectivity index (χ1) is 7.37. The van der Waals surface area contributed by atoms with E-state index >= 15 is 0 Å². The van der Waals surface area contributed by atoms with Gasteiger partial charge in [-0.2, -0.15) is 0 Å². The lowest BCUT2D eigenvalue weighted by atomic mass is 9.90. The monoisotopic (exact) mass is 242 g/mol. The highest BCUT2D eigenvalue weighted by Gasteiger charge is 2.24. The second-order valence-corrected chi connectivity index (χ2v) is 7.55. The van der Waals surface area contributed by atoms with Crippen LogP contribution in [0.5, 0.6) is 0 Å². The molecule has 0 radical (unpaired) electrons. The van der Waals surface area contributed by atoms with E-state index in [1.165, 1.54) is 12.8 Å². The average molecular weight is 242 g/mol. The van der Waals surface area contributed by atoms with Crippen LogP contribution >= 0.6 is 11.8 Å². The number of hydrogen-bond acceptors (Lipinski definition) is 3. The Bertz CT molecular complexity index is 241. The lowest BCUT2D eigenvalue weighted by Gasteiger charge is -2.21. The van der Waals surface area contributed by atoms with Crippen LogP contribution in [-0.2, 0) is 0 Å². The van der Waals surface area contributed by atoms with Gasteiger partial charge in [0.15, 0.2) is 5.17 Å². The number of nitrogens with one attached hydrogen (secondary N) is 1. The van der Waals surface area contributed by atoms with Crippen LogP contribution in [0.25, 0.3) is 0 Å². The van der Waals surface area contributed by atoms with Crippen molar-refractivity contribution in [2.75, 3.05) is 13.1 Å². The standard InChI is InChI=1S/C13H26N2S/c1-10(2)6-7-14-12-15-9-11(16-12)8-13(3,4)5/h10-11H,6-9H2,1-5H3,(H,14,15). The first-order valence-corrected chi connectivity index (χ1v) is 7.20. The van der Waals surface area contributed by atoms with E-state index in [0.29, 0.717) is 10.7 Å². The van der Waals surface area contributed by atoms with Crippen molar-refractivity contribution in [2.24, 2.45) is 16.3 Å². The SMILES string of the molecule is CC(C)CCNC1=NCC(CC(C)(C)C)S1. The van der Waals surface area contributed by atoms with E-state index in [4.69, 9.17) is 0 Å². The summed E-state index contributed by atoms with van der Waals surface area (Å²) in [7, 11) is 0. The molecule has 3 heteroatoms. The zero-order chi connectivity index (χ0) is 12.2. The first-order valence-electron chi connectivity index (χ1n) is 6.32. The number of rotatable bonds is 4. The number of hydrogen-bond donors (Lipinski definition) is 1. The third kappa shape index (κ3) is 5.78. The van der Waals surface area contributed by atoms with Crippen LogP contribution in [0, 0.1) is 11.3 Å². The van der Waals surface area contributed by atoms with Gasteiger partial charge < -0.3 is 5.32 Å². The highest BCUT2D eigenvalue weighted by Crippen LogP contribution is 2.31. The molecule has 0 fully saturated rings. The normalized spacial score (nSPS) is 21.4. The molecule has 1 aliphatic rings. The molecule has 0 aromatic rings. The third-order valence-electron chi connectivity index (χ3n) is 2.55. The molecular formula is C13H26N2S. The highest BCUT2D eigenvalue weighted by atomic mass is 32.2. The summed E-state index contributed by atoms with van der Waals surface area (Å²) in [6, 6.07) is 0. The zero-order valence-electron chi connectivity index (χ0n) is 11.3. The summed E-state index contributed by atoms with van der Waals surface area (Å²) < 4.78 is 0. The number of nitrogens with zero attached hydrogens (tertiary/aromatic N) is 1. The maximum atomic E-state index is 4.57. The maximum absolute atomic E-state index is 4.57. The number of aliphatic imine (C=N–C) groups is 1. The molecule has 0 aliphatic carbocycles. The summed E-state index contributed by atoms with van der Waals surface area (Å²) in [6.45, 7) is 13.5. The van der Waals surface area contributed by atoms with Crippen molar-refractivity contribution in [3.8, 4) is 0 Å². The van der Waals surface area contributed by atoms with Crippen LogP contribution in [0.4, 0.5) is 0 Å². The quantitative estimate of drug-likeness (QED) is 0.815. The van der Waals surface area contributed by atoms with Gasteiger partial charge in [0, 0.05) is 11.8 Å². The zero-order valence-corrected chi connectivity index (χ0v) is 12.2. The van der Waals surface area contributed by atoms with Crippen LogP contribution < -0.4 is 5.32 Å². The van der Waals surface area contributed by atoms with E-state index in [1.54, 1.807) is 0 Å². The Kier molecular flexibility index (Phi) is 5.16. The van der Waals surface area contributed by atoms with Crippen molar-refractivity contribution in [1.29, 1.82) is 0 Å². The molecule has 1 unspecified atom stereocenters. The third-order valence-corrected chi connectivity index (χ3v) is 3.70. The van der Waals surface area contributed by atoms with Gasteiger partial charge in [0.25, 0.3) is 0 Å². The minimum Gasteiger partial charge on any atom is -0.365 e. The Balaban J connectivity index is 2.19. The van der Waals surface area contributed by atoms with Crippen molar-refractivity contribution in [2.45, 2.75) is 52.7 Å². The molecule has 0 amide bonds. The minimum atomic E-state index is 0.417. The average Bonchev–Trinajstić information content (AvgIpc) is 2.48. The van der Waals surface area contributed by atoms with Gasteiger partial charge >= 0.3 is 0 Å². The van der Waals surface area contributed by atoms with Crippen LogP contribution in [-0.4, -0.2) is 23.5 Å². The van der Waals surface area contributed by atoms with Gasteiger partial charge in [-0.3, -0.25) is 4.99 Å². The molecule has 2 nitrogen and oxygen atoms in total. The smallest absolute Gasteiger partial charge is 0.156 e. The predicted molar refractivity (Wildman–Crippen MR) is 75.2 cm³/mol. The Morgan fingerprint density at radius 2 is 2.12 bits per heavy atom. The van der Waals surface area contributed by atoms with Crippen molar-refractivity contribution in [3.05, 3.63) is 0 Å². The van der Waals surface area contributed by atoms with Gasteiger partial charge in [-0.15, -0.1) is 0 Å². The van der Waals surface area contributed by atoms with Gasteiger partial charge in [-0.1, -0.05) is 46.4 Å². The van der Waals surface area contributed by atoms with Crippen LogP contribution in [0.15, 0.2) is 4.99 Å². The molecule has 0 bridgehead atoms. The highest BCUT2D eigenvalue weighted by molar-refractivity contribution is 8.14. The number of thioether (sulfide) groups is 1. The molecule has 1 heterocycles. The molecule has 0 aromatic carbocycles. The van der Waals surface area contributed by atoms with Gasteiger partial charge in [-0.05, 0) is 24.2 Å². The van der Waals surface area contributed by atoms with E-state index < -0.39 is 0 Å². The molecule has 16 heavy (non-hydrogen) atoms. The van der Waals surface area contributed by atoms with E-state index in [2.05, 4.69) is 44.9 Å². The molecule has 0 saturated heterocycles. The van der Waals surface area contributed by atoms with E-state index in [9.17, 15) is 0 Å². The molecule has 1 N–H and O–H groups in total. The molecule has 1 atom stereocenters. The predicted octanol–water partition coefficient (Wildman–Crippen LogP) is 3.53. The van der Waals surface area contributed by atoms with Gasteiger partial charge in [0.05, 0.1) is 6.54 Å². The van der Waals surface area contributed by atoms with Gasteiger partial charge in [0.2, 0.25) is 0 Å². The topological polar surface area (TPSA) is 24.4 Å². The fourth-order valence-corrected chi connectivity index (χ4v) is 3.15. The molecule has 1 rings (SSSR count). The molecule has 94 valence electrons. The lowest BCUT2D eigenvalue weighted by molar-refractivity contribution is 0.375. The van der Waals surface area contributed by atoms with Crippen LogP contribution in [0.3, 0.4) is 0 Å². The van der Waals surface area contributed by atoms with Crippen molar-refractivity contribution < 1.29 is 0 Å². The first kappa shape index (κ1) is 13.9. The molecular weight excluding hydrogens is 216 g/mol. The van der Waals surface area contributed by atoms with Crippen LogP contribution in [0.2, 0.25) is 0 Å². The van der Waals surface area contributed by atoms with E-state index in [1.807, 2.05) is 11.8 Å². The second kappa shape index (κ2) is 5.95. The van der Waals surface area contributed by atoms with Gasteiger partial charge in [0.1, 0.15) is 0 Å². The molecule has 0 spiro atoms. The summed E-state index contributed by atoms with van der Waals surface area (Å²) in [5.41, 5.74) is 0.417. The largest absolute Gasteiger partial charge is 0.365 e.